The molecule has 2 saturated heterocycles. The predicted molar refractivity (Wildman–Crippen MR) is 177 cm³/mol. The molecule has 0 spiro atoms. The Balaban J connectivity index is 0.00000213. The van der Waals surface area contributed by atoms with Crippen molar-refractivity contribution in [3.8, 4) is 17.3 Å². The van der Waals surface area contributed by atoms with E-state index in [1.807, 2.05) is 6.92 Å². The molecule has 0 radical (unpaired) electrons. The number of nitrogens with zero attached hydrogens (tertiary/aromatic N) is 4. The van der Waals surface area contributed by atoms with E-state index in [-0.39, 0.29) is 34.8 Å². The normalized spacial score (nSPS) is 15.6. The second-order valence-corrected chi connectivity index (χ2v) is 11.8. The number of alkyl halides is 1. The Kier molecular flexibility index (Phi) is 11.4. The number of alkyl carbamates (subject to hydrolysis) is 1. The predicted octanol–water partition coefficient (Wildman–Crippen LogP) is 4.99. The van der Waals surface area contributed by atoms with Gasteiger partial charge in [-0.3, -0.25) is 29.2 Å². The van der Waals surface area contributed by atoms with Crippen LogP contribution >= 0.6 is 11.6 Å². The highest BCUT2D eigenvalue weighted by Gasteiger charge is 2.45. The van der Waals surface area contributed by atoms with E-state index in [4.69, 9.17) is 21.1 Å². The van der Waals surface area contributed by atoms with Gasteiger partial charge in [-0.1, -0.05) is 30.7 Å². The van der Waals surface area contributed by atoms with Gasteiger partial charge in [0.15, 0.2) is 5.82 Å². The number of ether oxygens (including phenoxy) is 2. The van der Waals surface area contributed by atoms with Crippen LogP contribution in [0.25, 0.3) is 39.1 Å². The van der Waals surface area contributed by atoms with Gasteiger partial charge >= 0.3 is 6.09 Å². The van der Waals surface area contributed by atoms with Crippen molar-refractivity contribution in [1.29, 1.82) is 0 Å². The van der Waals surface area contributed by atoms with Crippen molar-refractivity contribution in [2.24, 2.45) is 0 Å². The van der Waals surface area contributed by atoms with E-state index in [1.165, 1.54) is 6.20 Å². The first-order valence-corrected chi connectivity index (χ1v) is 16.1. The Morgan fingerprint density at radius 2 is 1.98 bits per heavy atom. The molecule has 0 atom stereocenters. The number of fused-ring (bicyclic) bond motifs is 3. The van der Waals surface area contributed by atoms with Crippen LogP contribution in [-0.2, 0) is 4.74 Å². The third-order valence-electron chi connectivity index (χ3n) is 8.56. The molecule has 252 valence electrons. The topological polar surface area (TPSA) is 150 Å². The number of hydrogen-bond donors (Lipinski definition) is 4. The van der Waals surface area contributed by atoms with Crippen molar-refractivity contribution >= 4 is 45.6 Å². The summed E-state index contributed by atoms with van der Waals surface area (Å²) in [4.78, 5) is 38.7. The standard InChI is InChI=1S/C31H36ClFN8O4.CH3F/c1-2-34-10-11-35-30(43)44-14-4-3-7-19-22(32)15-23-20(17-37-40-23)24(19)27-25(33)26-21(16-36-27)28(42)39-29(38-26)45-18-31-8-5-12-41(31)13-6-9-31;1-2/h3,7,15-17,34H,2,4-6,8-14,18H2,1H3,(H,35,43)(H,37,40)(H,38,39,42);1H3/b7-3-;. The molecule has 1 amide bonds. The van der Waals surface area contributed by atoms with E-state index in [2.05, 4.69) is 40.7 Å². The van der Waals surface area contributed by atoms with Crippen LogP contribution in [0.4, 0.5) is 13.6 Å². The Bertz CT molecular complexity index is 1790. The van der Waals surface area contributed by atoms with E-state index in [0.717, 1.165) is 45.3 Å². The van der Waals surface area contributed by atoms with Crippen molar-refractivity contribution in [1.82, 2.24) is 40.7 Å². The van der Waals surface area contributed by atoms with E-state index in [1.54, 1.807) is 24.4 Å². The summed E-state index contributed by atoms with van der Waals surface area (Å²) in [6.07, 6.45) is 10.5. The molecule has 4 N–H and O–H groups in total. The van der Waals surface area contributed by atoms with Crippen molar-refractivity contribution in [3.63, 3.8) is 0 Å². The van der Waals surface area contributed by atoms with Crippen LogP contribution in [0.5, 0.6) is 6.01 Å². The number of carbonyl (C=O) groups is 1. The lowest BCUT2D eigenvalue weighted by molar-refractivity contribution is 0.107. The van der Waals surface area contributed by atoms with Crippen LogP contribution in [0, 0.1) is 5.82 Å². The number of rotatable bonds is 12. The number of hydrogen-bond acceptors (Lipinski definition) is 9. The fourth-order valence-electron chi connectivity index (χ4n) is 6.35. The Hall–Kier alpha value is -4.14. The molecule has 2 aliphatic rings. The number of amides is 1. The van der Waals surface area contributed by atoms with Crippen LogP contribution in [0.1, 0.15) is 44.6 Å². The van der Waals surface area contributed by atoms with Crippen molar-refractivity contribution in [2.45, 2.75) is 44.6 Å². The number of likely N-dealkylation sites (N-methyl/N-ethyl adjacent to an activating group) is 1. The molecule has 6 rings (SSSR count). The highest BCUT2D eigenvalue weighted by atomic mass is 35.5. The van der Waals surface area contributed by atoms with Crippen LogP contribution < -0.4 is 20.9 Å². The smallest absolute Gasteiger partial charge is 0.407 e. The van der Waals surface area contributed by atoms with Crippen molar-refractivity contribution in [2.75, 3.05) is 53.1 Å². The molecule has 0 unspecified atom stereocenters. The number of benzene rings is 1. The van der Waals surface area contributed by atoms with Crippen LogP contribution in [-0.4, -0.2) is 94.8 Å². The summed E-state index contributed by atoms with van der Waals surface area (Å²) in [6, 6.07) is 1.67. The molecule has 2 aliphatic heterocycles. The summed E-state index contributed by atoms with van der Waals surface area (Å²) < 4.78 is 37.1. The lowest BCUT2D eigenvalue weighted by Crippen LogP contribution is -2.43. The number of H-pyrrole nitrogens is 2. The largest absolute Gasteiger partial charge is 0.463 e. The fourth-order valence-corrected chi connectivity index (χ4v) is 6.61. The molecule has 4 aromatic rings. The fraction of sp³-hybridized carbons (Fsp3) is 0.469. The maximum atomic E-state index is 16.4. The lowest BCUT2D eigenvalue weighted by Gasteiger charge is -2.31. The number of aromatic nitrogens is 5. The Morgan fingerprint density at radius 3 is 2.74 bits per heavy atom. The molecular formula is C32H39ClF2N8O4. The minimum absolute atomic E-state index is 0.00795. The average molecular weight is 673 g/mol. The molecule has 15 heteroatoms. The number of nitrogens with one attached hydrogen (secondary N) is 4. The van der Waals surface area contributed by atoms with Crippen LogP contribution in [0.15, 0.2) is 29.3 Å². The van der Waals surface area contributed by atoms with Crippen LogP contribution in [0.3, 0.4) is 0 Å². The first-order valence-electron chi connectivity index (χ1n) is 15.7. The zero-order valence-electron chi connectivity index (χ0n) is 26.4. The molecular weight excluding hydrogens is 634 g/mol. The number of aromatic amines is 2. The second-order valence-electron chi connectivity index (χ2n) is 11.3. The van der Waals surface area contributed by atoms with Gasteiger partial charge in [0.1, 0.15) is 17.8 Å². The van der Waals surface area contributed by atoms with Gasteiger partial charge in [0, 0.05) is 35.8 Å². The molecule has 2 fully saturated rings. The quantitative estimate of drug-likeness (QED) is 0.153. The summed E-state index contributed by atoms with van der Waals surface area (Å²) in [5.41, 5.74) is 0.690. The lowest BCUT2D eigenvalue weighted by atomic mass is 9.95. The first-order chi connectivity index (χ1) is 22.9. The minimum Gasteiger partial charge on any atom is -0.463 e. The monoisotopic (exact) mass is 672 g/mol. The van der Waals surface area contributed by atoms with Gasteiger partial charge in [-0.15, -0.1) is 0 Å². The van der Waals surface area contributed by atoms with Gasteiger partial charge in [-0.2, -0.15) is 10.1 Å². The van der Waals surface area contributed by atoms with Gasteiger partial charge in [0.2, 0.25) is 0 Å². The van der Waals surface area contributed by atoms with Crippen molar-refractivity contribution in [3.05, 3.63) is 51.3 Å². The maximum Gasteiger partial charge on any atom is 0.407 e. The maximum absolute atomic E-state index is 16.4. The molecule has 0 saturated carbocycles. The molecule has 5 heterocycles. The molecule has 0 bridgehead atoms. The molecule has 47 heavy (non-hydrogen) atoms. The summed E-state index contributed by atoms with van der Waals surface area (Å²) >= 11 is 6.68. The van der Waals surface area contributed by atoms with E-state index >= 15 is 4.39 Å². The summed E-state index contributed by atoms with van der Waals surface area (Å²) in [6.45, 7) is 6.51. The highest BCUT2D eigenvalue weighted by molar-refractivity contribution is 6.33. The minimum atomic E-state index is -0.776. The first kappa shape index (κ1) is 34.2. The van der Waals surface area contributed by atoms with Crippen molar-refractivity contribution < 1.29 is 23.0 Å². The van der Waals surface area contributed by atoms with Gasteiger partial charge in [-0.05, 0) is 57.8 Å². The zero-order chi connectivity index (χ0) is 33.4. The third-order valence-corrected chi connectivity index (χ3v) is 8.87. The van der Waals surface area contributed by atoms with E-state index in [9.17, 15) is 14.0 Å². The Morgan fingerprint density at radius 1 is 1.19 bits per heavy atom. The molecule has 12 nitrogen and oxygen atoms in total. The zero-order valence-corrected chi connectivity index (χ0v) is 27.2. The summed E-state index contributed by atoms with van der Waals surface area (Å²) in [5, 5.41) is 13.7. The average Bonchev–Trinajstić information content (AvgIpc) is 3.80. The number of halogens is 3. The number of pyridine rings is 1. The van der Waals surface area contributed by atoms with Gasteiger partial charge in [0.05, 0.1) is 41.4 Å². The Labute approximate surface area is 275 Å². The van der Waals surface area contributed by atoms with Gasteiger partial charge in [-0.25, -0.2) is 9.18 Å². The second kappa shape index (κ2) is 15.6. The summed E-state index contributed by atoms with van der Waals surface area (Å²) in [7, 11) is 0.500. The van der Waals surface area contributed by atoms with Crippen LogP contribution in [0.2, 0.25) is 5.02 Å². The van der Waals surface area contributed by atoms with Gasteiger partial charge in [0.25, 0.3) is 11.6 Å². The third kappa shape index (κ3) is 7.39. The van der Waals surface area contributed by atoms with Gasteiger partial charge < -0.3 is 20.1 Å². The van der Waals surface area contributed by atoms with E-state index in [0.29, 0.717) is 60.3 Å². The summed E-state index contributed by atoms with van der Waals surface area (Å²) in [5.74, 6) is -0.776. The highest BCUT2D eigenvalue weighted by Crippen LogP contribution is 2.40. The molecule has 0 aliphatic carbocycles. The molecule has 3 aromatic heterocycles. The molecule has 1 aromatic carbocycles. The number of carbonyl (C=O) groups excluding carboxylic acids is 1. The van der Waals surface area contributed by atoms with E-state index < -0.39 is 17.5 Å². The SMILES string of the molecule is CCNCCNC(=O)OCC/C=C\c1c(Cl)cc2[nH]ncc2c1-c1ncc2c(=O)[nH]c(OCC34CCCN3CCC4)nc2c1F.CF.